The molecule has 1 N–H and O–H groups in total. The third-order valence-corrected chi connectivity index (χ3v) is 6.67. The molecular weight excluding hydrogens is 146 g/mol. The molecule has 0 aromatic heterocycles. The molecule has 0 aliphatic carbocycles. The van der Waals surface area contributed by atoms with Gasteiger partial charge in [0.1, 0.15) is 0 Å². The second-order valence-corrected chi connectivity index (χ2v) is 8.56. The first-order valence-corrected chi connectivity index (χ1v) is 6.96. The average Bonchev–Trinajstić information content (AvgIpc) is 2.12. The van der Waals surface area contributed by atoms with Crippen molar-refractivity contribution < 1.29 is 9.90 Å². The van der Waals surface area contributed by atoms with Crippen LogP contribution >= 0.6 is 7.14 Å². The Morgan fingerprint density at radius 1 is 1.50 bits per heavy atom. The zero-order valence-corrected chi connectivity index (χ0v) is 7.39. The number of hydrogen-bond acceptors (Lipinski definition) is 1. The second-order valence-electron chi connectivity index (χ2n) is 3.59. The Balaban J connectivity index is 2.43. The van der Waals surface area contributed by atoms with E-state index in [1.807, 2.05) is 0 Å². The fourth-order valence-electron chi connectivity index (χ4n) is 1.77. The van der Waals surface area contributed by atoms with Crippen LogP contribution in [0.4, 0.5) is 0 Å². The summed E-state index contributed by atoms with van der Waals surface area (Å²) in [6.07, 6.45) is 5.51. The van der Waals surface area contributed by atoms with E-state index >= 15 is 0 Å². The SMILES string of the molecule is B[PH]1(CC(=O)O)CCCC1. The molecule has 0 spiro atoms. The molecule has 2 nitrogen and oxygen atoms in total. The van der Waals surface area contributed by atoms with Crippen LogP contribution in [0.15, 0.2) is 0 Å². The molecule has 10 heavy (non-hydrogen) atoms. The average molecular weight is 160 g/mol. The van der Waals surface area contributed by atoms with Gasteiger partial charge in [0, 0.05) is 0 Å². The van der Waals surface area contributed by atoms with Gasteiger partial charge in [-0.25, -0.2) is 0 Å². The summed E-state index contributed by atoms with van der Waals surface area (Å²) in [5, 5.41) is 8.57. The number of carboxylic acid groups (broad SMARTS) is 1. The second kappa shape index (κ2) is 2.92. The maximum atomic E-state index is 10.4. The standard InChI is InChI=1S/C6H14BO2P/c7-10(5-6(8)9)3-1-2-4-10/h10H,1-5,7H2,(H,8,9). The summed E-state index contributed by atoms with van der Waals surface area (Å²) in [7, 11) is 0.968. The van der Waals surface area contributed by atoms with Crippen molar-refractivity contribution in [3.63, 3.8) is 0 Å². The first kappa shape index (κ1) is 8.07. The van der Waals surface area contributed by atoms with Crippen LogP contribution < -0.4 is 0 Å². The van der Waals surface area contributed by atoms with E-state index in [-0.39, 0.29) is 0 Å². The molecule has 1 fully saturated rings. The number of hydrogen-bond donors (Lipinski definition) is 1. The van der Waals surface area contributed by atoms with Crippen molar-refractivity contribution in [3.05, 3.63) is 0 Å². The van der Waals surface area contributed by atoms with Crippen molar-refractivity contribution in [3.8, 4) is 0 Å². The van der Waals surface area contributed by atoms with Gasteiger partial charge in [-0.1, -0.05) is 0 Å². The molecule has 0 unspecified atom stereocenters. The Morgan fingerprint density at radius 2 is 2.00 bits per heavy atom. The molecule has 0 amide bonds. The Labute approximate surface area is 62.7 Å². The number of carboxylic acids is 1. The molecule has 1 rings (SSSR count). The van der Waals surface area contributed by atoms with Crippen molar-refractivity contribution in [1.82, 2.24) is 0 Å². The molecule has 1 aliphatic rings. The summed E-state index contributed by atoms with van der Waals surface area (Å²) in [5.74, 6) is -0.587. The van der Waals surface area contributed by atoms with E-state index in [0.717, 1.165) is 0 Å². The van der Waals surface area contributed by atoms with Gasteiger partial charge in [0.05, 0.1) is 0 Å². The summed E-state index contributed by atoms with van der Waals surface area (Å²) in [4.78, 5) is 10.4. The van der Waals surface area contributed by atoms with E-state index in [2.05, 4.69) is 7.57 Å². The van der Waals surface area contributed by atoms with E-state index in [9.17, 15) is 4.79 Å². The topological polar surface area (TPSA) is 37.3 Å². The van der Waals surface area contributed by atoms with Crippen LogP contribution in [0.2, 0.25) is 0 Å². The predicted octanol–water partition coefficient (Wildman–Crippen LogP) is 0.163. The van der Waals surface area contributed by atoms with Crippen LogP contribution in [0.1, 0.15) is 12.8 Å². The van der Waals surface area contributed by atoms with Gasteiger partial charge in [-0.05, 0) is 0 Å². The summed E-state index contributed by atoms with van der Waals surface area (Å²) >= 11 is 0. The van der Waals surface area contributed by atoms with E-state index < -0.39 is 13.1 Å². The Kier molecular flexibility index (Phi) is 2.35. The molecule has 1 aliphatic heterocycles. The van der Waals surface area contributed by atoms with Crippen LogP contribution in [0.3, 0.4) is 0 Å². The zero-order chi connectivity index (χ0) is 7.61. The van der Waals surface area contributed by atoms with Crippen molar-refractivity contribution >= 4 is 20.7 Å². The van der Waals surface area contributed by atoms with Crippen LogP contribution in [0, 0.1) is 0 Å². The van der Waals surface area contributed by atoms with E-state index in [1.165, 1.54) is 25.2 Å². The Bertz CT molecular complexity index is 143. The van der Waals surface area contributed by atoms with Gasteiger partial charge in [0.25, 0.3) is 0 Å². The first-order valence-electron chi connectivity index (χ1n) is 3.84. The summed E-state index contributed by atoms with van der Waals surface area (Å²) < 4.78 is 0. The summed E-state index contributed by atoms with van der Waals surface area (Å²) in [6, 6.07) is 0. The van der Waals surface area contributed by atoms with Gasteiger partial charge in [-0.15, -0.1) is 0 Å². The van der Waals surface area contributed by atoms with E-state index in [4.69, 9.17) is 5.11 Å². The molecule has 0 atom stereocenters. The van der Waals surface area contributed by atoms with Gasteiger partial charge >= 0.3 is 61.9 Å². The van der Waals surface area contributed by atoms with Crippen LogP contribution in [0.25, 0.3) is 0 Å². The summed E-state index contributed by atoms with van der Waals surface area (Å²) in [5.41, 5.74) is 0. The van der Waals surface area contributed by atoms with E-state index in [0.29, 0.717) is 6.16 Å². The monoisotopic (exact) mass is 160 g/mol. The Hall–Kier alpha value is -0.0351. The quantitative estimate of drug-likeness (QED) is 0.461. The molecule has 1 saturated heterocycles. The van der Waals surface area contributed by atoms with Gasteiger partial charge in [-0.3, -0.25) is 0 Å². The fourth-order valence-corrected chi connectivity index (χ4v) is 5.31. The van der Waals surface area contributed by atoms with Gasteiger partial charge in [-0.2, -0.15) is 0 Å². The third kappa shape index (κ3) is 1.98. The molecule has 4 heteroatoms. The predicted molar refractivity (Wildman–Crippen MR) is 48.3 cm³/mol. The van der Waals surface area contributed by atoms with Gasteiger partial charge < -0.3 is 0 Å². The van der Waals surface area contributed by atoms with E-state index in [1.54, 1.807) is 0 Å². The molecule has 0 radical (unpaired) electrons. The molecule has 0 aromatic carbocycles. The minimum absolute atomic E-state index is 0.493. The molecular formula is C6H14BO2P. The molecule has 0 bridgehead atoms. The minimum atomic E-state index is -1.25. The number of carbonyl (C=O) groups is 1. The van der Waals surface area contributed by atoms with Crippen molar-refractivity contribution in [1.29, 1.82) is 0 Å². The van der Waals surface area contributed by atoms with Crippen molar-refractivity contribution in [2.75, 3.05) is 18.5 Å². The van der Waals surface area contributed by atoms with Crippen molar-refractivity contribution in [2.24, 2.45) is 0 Å². The van der Waals surface area contributed by atoms with Crippen LogP contribution in [0.5, 0.6) is 0 Å². The van der Waals surface area contributed by atoms with Gasteiger partial charge in [0.15, 0.2) is 0 Å². The Morgan fingerprint density at radius 3 is 2.40 bits per heavy atom. The van der Waals surface area contributed by atoms with Crippen LogP contribution in [-0.4, -0.2) is 37.1 Å². The number of rotatable bonds is 2. The van der Waals surface area contributed by atoms with Crippen molar-refractivity contribution in [2.45, 2.75) is 12.8 Å². The molecule has 0 saturated carbocycles. The summed E-state index contributed by atoms with van der Waals surface area (Å²) in [6.45, 7) is 0. The van der Waals surface area contributed by atoms with Gasteiger partial charge in [0.2, 0.25) is 0 Å². The molecule has 1 heterocycles. The third-order valence-electron chi connectivity index (χ3n) is 2.39. The zero-order valence-electron chi connectivity index (χ0n) is 6.39. The molecule has 58 valence electrons. The number of aliphatic carboxylic acids is 1. The molecule has 0 aromatic rings. The maximum absolute atomic E-state index is 10.4. The first-order chi connectivity index (χ1) is 4.62. The fraction of sp³-hybridized carbons (Fsp3) is 0.833. The van der Waals surface area contributed by atoms with Crippen LogP contribution in [-0.2, 0) is 4.79 Å². The normalized spacial score (nSPS) is 26.0.